The molecule has 0 aromatic heterocycles. The summed E-state index contributed by atoms with van der Waals surface area (Å²) in [6.45, 7) is 4.44. The lowest BCUT2D eigenvalue weighted by Crippen LogP contribution is -2.58. The van der Waals surface area contributed by atoms with Gasteiger partial charge in [0.15, 0.2) is 0 Å². The molecule has 3 nitrogen and oxygen atoms in total. The highest BCUT2D eigenvalue weighted by molar-refractivity contribution is 5.87. The number of carbonyl (C=O) groups excluding carboxylic acids is 1. The average Bonchev–Trinajstić information content (AvgIpc) is 2.79. The highest BCUT2D eigenvalue weighted by Gasteiger charge is 2.63. The topological polar surface area (TPSA) is 57.5 Å². The van der Waals surface area contributed by atoms with Gasteiger partial charge in [0, 0.05) is 6.42 Å². The third-order valence-electron chi connectivity index (χ3n) is 8.46. The van der Waals surface area contributed by atoms with Gasteiger partial charge in [-0.3, -0.25) is 4.79 Å². The molecule has 0 aromatic carbocycles. The molecule has 0 radical (unpaired) electrons. The first kappa shape index (κ1) is 15.1. The van der Waals surface area contributed by atoms with Crippen molar-refractivity contribution in [3.63, 3.8) is 0 Å². The van der Waals surface area contributed by atoms with E-state index in [1.165, 1.54) is 12.8 Å². The Kier molecular flexibility index (Phi) is 3.30. The van der Waals surface area contributed by atoms with Gasteiger partial charge in [0.25, 0.3) is 0 Å². The van der Waals surface area contributed by atoms with Gasteiger partial charge >= 0.3 is 0 Å². The van der Waals surface area contributed by atoms with Crippen molar-refractivity contribution in [1.29, 1.82) is 0 Å². The monoisotopic (exact) mass is 306 g/mol. The van der Waals surface area contributed by atoms with Crippen LogP contribution in [0.15, 0.2) is 0 Å². The van der Waals surface area contributed by atoms with Gasteiger partial charge in [0.2, 0.25) is 0 Å². The van der Waals surface area contributed by atoms with Gasteiger partial charge in [0.1, 0.15) is 5.78 Å². The van der Waals surface area contributed by atoms with Crippen LogP contribution in [0.1, 0.15) is 65.2 Å². The summed E-state index contributed by atoms with van der Waals surface area (Å²) in [5, 5.41) is 20.9. The second kappa shape index (κ2) is 4.80. The summed E-state index contributed by atoms with van der Waals surface area (Å²) in [6, 6.07) is 0. The zero-order valence-corrected chi connectivity index (χ0v) is 13.9. The Bertz CT molecular complexity index is 489. The molecule has 0 spiro atoms. The van der Waals surface area contributed by atoms with E-state index in [4.69, 9.17) is 0 Å². The van der Waals surface area contributed by atoms with Crippen molar-refractivity contribution < 1.29 is 15.0 Å². The van der Waals surface area contributed by atoms with Crippen molar-refractivity contribution in [3.05, 3.63) is 0 Å². The SMILES string of the molecule is C[C@@]12C(=O)CC[C@H]1[C@@H]1CC[C@@H]3C[C@H](O)CC[C@]3(C)C1CC2O. The van der Waals surface area contributed by atoms with Crippen molar-refractivity contribution in [1.82, 2.24) is 0 Å². The maximum Gasteiger partial charge on any atom is 0.141 e. The number of rotatable bonds is 0. The van der Waals surface area contributed by atoms with Crippen molar-refractivity contribution in [2.24, 2.45) is 34.5 Å². The molecule has 2 unspecified atom stereocenters. The quantitative estimate of drug-likeness (QED) is 0.723. The molecule has 0 aliphatic heterocycles. The fourth-order valence-corrected chi connectivity index (χ4v) is 6.98. The van der Waals surface area contributed by atoms with E-state index in [0.717, 1.165) is 32.1 Å². The molecule has 124 valence electrons. The highest BCUT2D eigenvalue weighted by atomic mass is 16.3. The molecule has 0 aromatic rings. The molecular weight excluding hydrogens is 276 g/mol. The third-order valence-corrected chi connectivity index (χ3v) is 8.46. The van der Waals surface area contributed by atoms with Gasteiger partial charge in [-0.2, -0.15) is 0 Å². The summed E-state index contributed by atoms with van der Waals surface area (Å²) in [4.78, 5) is 12.4. The minimum absolute atomic E-state index is 0.124. The largest absolute Gasteiger partial charge is 0.393 e. The molecule has 22 heavy (non-hydrogen) atoms. The maximum absolute atomic E-state index is 12.4. The summed E-state index contributed by atoms with van der Waals surface area (Å²) in [6.07, 6.45) is 7.19. The summed E-state index contributed by atoms with van der Waals surface area (Å²) < 4.78 is 0. The summed E-state index contributed by atoms with van der Waals surface area (Å²) in [5.41, 5.74) is -0.214. The number of carbonyl (C=O) groups is 1. The normalized spacial score (nSPS) is 57.9. The van der Waals surface area contributed by atoms with E-state index in [1.807, 2.05) is 6.92 Å². The third kappa shape index (κ3) is 1.78. The van der Waals surface area contributed by atoms with E-state index in [1.54, 1.807) is 0 Å². The van der Waals surface area contributed by atoms with Crippen molar-refractivity contribution in [2.45, 2.75) is 77.4 Å². The minimum Gasteiger partial charge on any atom is -0.393 e. The smallest absolute Gasteiger partial charge is 0.141 e. The number of aliphatic hydroxyl groups excluding tert-OH is 2. The number of fused-ring (bicyclic) bond motifs is 5. The lowest BCUT2D eigenvalue weighted by atomic mass is 9.44. The molecule has 0 amide bonds. The Hall–Kier alpha value is -0.410. The lowest BCUT2D eigenvalue weighted by Gasteiger charge is -2.61. The number of Topliss-reactive ketones (excluding diaryl/α,β-unsaturated/α-hetero) is 1. The molecule has 4 aliphatic carbocycles. The van der Waals surface area contributed by atoms with Crippen LogP contribution in [0.5, 0.6) is 0 Å². The summed E-state index contributed by atoms with van der Waals surface area (Å²) in [7, 11) is 0. The van der Waals surface area contributed by atoms with E-state index in [0.29, 0.717) is 35.9 Å². The first-order chi connectivity index (χ1) is 10.4. The van der Waals surface area contributed by atoms with E-state index in [9.17, 15) is 15.0 Å². The predicted octanol–water partition coefficient (Wildman–Crippen LogP) is 2.93. The van der Waals surface area contributed by atoms with E-state index in [2.05, 4.69) is 6.92 Å². The number of ketones is 1. The van der Waals surface area contributed by atoms with Crippen LogP contribution in [0, 0.1) is 34.5 Å². The predicted molar refractivity (Wildman–Crippen MR) is 84.1 cm³/mol. The Balaban J connectivity index is 1.68. The van der Waals surface area contributed by atoms with Crippen molar-refractivity contribution in [2.75, 3.05) is 0 Å². The van der Waals surface area contributed by atoms with Crippen LogP contribution in [0.3, 0.4) is 0 Å². The molecule has 4 rings (SSSR count). The zero-order chi connectivity index (χ0) is 15.7. The number of aliphatic hydroxyl groups is 2. The molecule has 0 saturated heterocycles. The lowest BCUT2D eigenvalue weighted by molar-refractivity contribution is -0.169. The van der Waals surface area contributed by atoms with Crippen molar-refractivity contribution in [3.8, 4) is 0 Å². The fraction of sp³-hybridized carbons (Fsp3) is 0.947. The van der Waals surface area contributed by atoms with Crippen LogP contribution in [-0.2, 0) is 4.79 Å². The molecule has 4 fully saturated rings. The molecule has 4 saturated carbocycles. The minimum atomic E-state index is -0.474. The van der Waals surface area contributed by atoms with Gasteiger partial charge in [0.05, 0.1) is 17.6 Å². The molecule has 3 heteroatoms. The number of hydrogen-bond acceptors (Lipinski definition) is 3. The summed E-state index contributed by atoms with van der Waals surface area (Å²) >= 11 is 0. The van der Waals surface area contributed by atoms with Crippen molar-refractivity contribution >= 4 is 5.78 Å². The Morgan fingerprint density at radius 2 is 1.77 bits per heavy atom. The Morgan fingerprint density at radius 1 is 1.00 bits per heavy atom. The standard InChI is InChI=1S/C19H30O3/c1-18-8-7-12(20)9-11(18)3-4-13-14-5-6-16(21)19(14,2)17(22)10-15(13)18/h11-15,17,20,22H,3-10H2,1-2H3/t11-,12-,13+,14+,15?,17?,18+,19+/m1/s1. The number of hydrogen-bond donors (Lipinski definition) is 2. The first-order valence-corrected chi connectivity index (χ1v) is 9.26. The second-order valence-corrected chi connectivity index (χ2v) is 9.08. The zero-order valence-electron chi connectivity index (χ0n) is 13.9. The van der Waals surface area contributed by atoms with Crippen LogP contribution in [0.4, 0.5) is 0 Å². The van der Waals surface area contributed by atoms with Gasteiger partial charge in [-0.1, -0.05) is 6.92 Å². The van der Waals surface area contributed by atoms with Gasteiger partial charge in [-0.25, -0.2) is 0 Å². The first-order valence-electron chi connectivity index (χ1n) is 9.26. The molecular formula is C19H30O3. The second-order valence-electron chi connectivity index (χ2n) is 9.08. The van der Waals surface area contributed by atoms with Gasteiger partial charge < -0.3 is 10.2 Å². The van der Waals surface area contributed by atoms with E-state index >= 15 is 0 Å². The molecule has 0 heterocycles. The Labute approximate surface area is 133 Å². The fourth-order valence-electron chi connectivity index (χ4n) is 6.98. The maximum atomic E-state index is 12.4. The van der Waals surface area contributed by atoms with Crippen LogP contribution < -0.4 is 0 Å². The van der Waals surface area contributed by atoms with E-state index < -0.39 is 11.5 Å². The molecule has 4 aliphatic rings. The Morgan fingerprint density at radius 3 is 2.55 bits per heavy atom. The molecule has 2 N–H and O–H groups in total. The van der Waals surface area contributed by atoms with Crippen LogP contribution in [0.2, 0.25) is 0 Å². The van der Waals surface area contributed by atoms with Crippen LogP contribution in [-0.4, -0.2) is 28.2 Å². The highest BCUT2D eigenvalue weighted by Crippen LogP contribution is 2.65. The molecule has 0 bridgehead atoms. The van der Waals surface area contributed by atoms with Crippen LogP contribution in [0.25, 0.3) is 0 Å². The van der Waals surface area contributed by atoms with Gasteiger partial charge in [-0.15, -0.1) is 0 Å². The van der Waals surface area contributed by atoms with Crippen LogP contribution >= 0.6 is 0 Å². The molecule has 8 atom stereocenters. The average molecular weight is 306 g/mol. The van der Waals surface area contributed by atoms with Gasteiger partial charge in [-0.05, 0) is 81.0 Å². The van der Waals surface area contributed by atoms with E-state index in [-0.39, 0.29) is 11.5 Å². The summed E-state index contributed by atoms with van der Waals surface area (Å²) in [5.74, 6) is 2.44.